The number of nitrogens with zero attached hydrogens (tertiary/aromatic N) is 3. The van der Waals surface area contributed by atoms with Crippen molar-refractivity contribution in [2.75, 3.05) is 0 Å². The summed E-state index contributed by atoms with van der Waals surface area (Å²) in [5, 5.41) is 13.0. The number of hydrogen-bond acceptors (Lipinski definition) is 4. The summed E-state index contributed by atoms with van der Waals surface area (Å²) in [7, 11) is 0. The molecule has 23 heavy (non-hydrogen) atoms. The smallest absolute Gasteiger partial charge is 0.134 e. The van der Waals surface area contributed by atoms with Gasteiger partial charge in [-0.25, -0.2) is 4.98 Å². The van der Waals surface area contributed by atoms with Gasteiger partial charge in [0.2, 0.25) is 0 Å². The first-order valence-electron chi connectivity index (χ1n) is 6.60. The summed E-state index contributed by atoms with van der Waals surface area (Å²) in [6, 6.07) is 11.1. The molecule has 6 heteroatoms. The minimum atomic E-state index is 0.485. The van der Waals surface area contributed by atoms with E-state index in [1.54, 1.807) is 30.6 Å². The first kappa shape index (κ1) is 15.7. The largest absolute Gasteiger partial charge is 0.264 e. The molecule has 3 nitrogen and oxygen atoms in total. The lowest BCUT2D eigenvalue weighted by Gasteiger charge is -2.00. The molecule has 0 amide bonds. The Morgan fingerprint density at radius 2 is 2.13 bits per heavy atom. The number of pyridine rings is 1. The summed E-state index contributed by atoms with van der Waals surface area (Å²) in [4.78, 5) is 8.56. The molecule has 0 aliphatic carbocycles. The zero-order valence-electron chi connectivity index (χ0n) is 11.7. The monoisotopic (exact) mass is 357 g/mol. The fourth-order valence-corrected chi connectivity index (χ4v) is 3.28. The number of allylic oxidation sites excluding steroid dienone is 1. The van der Waals surface area contributed by atoms with Crippen LogP contribution in [-0.2, 0) is 0 Å². The van der Waals surface area contributed by atoms with Crippen LogP contribution in [0.5, 0.6) is 0 Å². The van der Waals surface area contributed by atoms with Gasteiger partial charge in [-0.3, -0.25) is 4.98 Å². The molecule has 0 atom stereocenters. The van der Waals surface area contributed by atoms with E-state index in [9.17, 15) is 5.26 Å². The Bertz CT molecular complexity index is 911. The first-order valence-corrected chi connectivity index (χ1v) is 8.24. The van der Waals surface area contributed by atoms with Crippen molar-refractivity contribution < 1.29 is 0 Å². The van der Waals surface area contributed by atoms with Gasteiger partial charge in [0, 0.05) is 28.4 Å². The van der Waals surface area contributed by atoms with Crippen LogP contribution in [0.15, 0.2) is 48.1 Å². The maximum Gasteiger partial charge on any atom is 0.134 e. The van der Waals surface area contributed by atoms with E-state index in [0.717, 1.165) is 16.8 Å². The van der Waals surface area contributed by atoms with Gasteiger partial charge in [0.05, 0.1) is 16.3 Å². The molecule has 0 saturated carbocycles. The highest BCUT2D eigenvalue weighted by Crippen LogP contribution is 2.32. The summed E-state index contributed by atoms with van der Waals surface area (Å²) < 4.78 is 0. The molecule has 0 radical (unpaired) electrons. The van der Waals surface area contributed by atoms with E-state index in [1.165, 1.54) is 11.3 Å². The van der Waals surface area contributed by atoms with Gasteiger partial charge in [-0.05, 0) is 35.9 Å². The van der Waals surface area contributed by atoms with E-state index >= 15 is 0 Å². The fourth-order valence-electron chi connectivity index (χ4n) is 1.99. The van der Waals surface area contributed by atoms with E-state index in [0.29, 0.717) is 20.6 Å². The van der Waals surface area contributed by atoms with Crippen LogP contribution in [0.4, 0.5) is 0 Å². The van der Waals surface area contributed by atoms with Crippen LogP contribution in [0.3, 0.4) is 0 Å². The third-order valence-corrected chi connectivity index (χ3v) is 4.48. The molecule has 0 spiro atoms. The molecule has 0 aliphatic heterocycles. The van der Waals surface area contributed by atoms with Crippen LogP contribution in [0.2, 0.25) is 10.0 Å². The predicted octanol–water partition coefficient (Wildman–Crippen LogP) is 5.58. The molecule has 0 bridgehead atoms. The molecule has 2 heterocycles. The zero-order valence-corrected chi connectivity index (χ0v) is 14.0. The molecule has 3 aromatic rings. The molecular formula is C17H9Cl2N3S. The minimum Gasteiger partial charge on any atom is -0.264 e. The number of hydrogen-bond donors (Lipinski definition) is 0. The maximum absolute atomic E-state index is 9.40. The summed E-state index contributed by atoms with van der Waals surface area (Å²) in [6.45, 7) is 0. The highest BCUT2D eigenvalue weighted by Gasteiger charge is 2.11. The first-order chi connectivity index (χ1) is 11.2. The lowest BCUT2D eigenvalue weighted by molar-refractivity contribution is 1.32. The average molecular weight is 358 g/mol. The van der Waals surface area contributed by atoms with Gasteiger partial charge in [-0.1, -0.05) is 29.3 Å². The van der Waals surface area contributed by atoms with Crippen LogP contribution < -0.4 is 0 Å². The van der Waals surface area contributed by atoms with E-state index in [2.05, 4.69) is 16.0 Å². The van der Waals surface area contributed by atoms with Crippen LogP contribution in [0.1, 0.15) is 10.6 Å². The summed E-state index contributed by atoms with van der Waals surface area (Å²) in [5.41, 5.74) is 2.85. The standard InChI is InChI=1S/C17H9Cl2N3S/c18-13-3-4-14(15(19)7-13)16-10-23-17(22-16)12(8-20)6-11-2-1-5-21-9-11/h1-7,9-10H/b12-6-. The maximum atomic E-state index is 9.40. The molecule has 0 unspecified atom stereocenters. The Morgan fingerprint density at radius 1 is 1.26 bits per heavy atom. The molecule has 0 aliphatic rings. The molecule has 112 valence electrons. The van der Waals surface area contributed by atoms with Crippen molar-refractivity contribution in [3.05, 3.63) is 68.7 Å². The van der Waals surface area contributed by atoms with Gasteiger partial charge < -0.3 is 0 Å². The topological polar surface area (TPSA) is 49.6 Å². The average Bonchev–Trinajstić information content (AvgIpc) is 3.03. The SMILES string of the molecule is N#C/C(=C/c1cccnc1)c1nc(-c2ccc(Cl)cc2Cl)cs1. The quantitative estimate of drug-likeness (QED) is 0.575. The molecule has 0 saturated heterocycles. The van der Waals surface area contributed by atoms with Gasteiger partial charge in [0.25, 0.3) is 0 Å². The second-order valence-electron chi connectivity index (χ2n) is 4.62. The number of aromatic nitrogens is 2. The van der Waals surface area contributed by atoms with Crippen molar-refractivity contribution in [2.24, 2.45) is 0 Å². The van der Waals surface area contributed by atoms with Gasteiger partial charge in [0.15, 0.2) is 0 Å². The van der Waals surface area contributed by atoms with Crippen molar-refractivity contribution in [3.63, 3.8) is 0 Å². The number of nitriles is 1. The Labute approximate surface area is 147 Å². The highest BCUT2D eigenvalue weighted by molar-refractivity contribution is 7.11. The Morgan fingerprint density at radius 3 is 2.83 bits per heavy atom. The third kappa shape index (κ3) is 3.59. The predicted molar refractivity (Wildman–Crippen MR) is 95.3 cm³/mol. The molecule has 3 rings (SSSR count). The lowest BCUT2D eigenvalue weighted by Crippen LogP contribution is -1.84. The van der Waals surface area contributed by atoms with Crippen molar-refractivity contribution >= 4 is 46.2 Å². The van der Waals surface area contributed by atoms with Crippen molar-refractivity contribution in [3.8, 4) is 17.3 Å². The highest BCUT2D eigenvalue weighted by atomic mass is 35.5. The van der Waals surface area contributed by atoms with Crippen LogP contribution in [0.25, 0.3) is 22.9 Å². The number of thiazole rings is 1. The molecule has 0 fully saturated rings. The Kier molecular flexibility index (Phi) is 4.73. The summed E-state index contributed by atoms with van der Waals surface area (Å²) >= 11 is 13.5. The third-order valence-electron chi connectivity index (χ3n) is 3.06. The van der Waals surface area contributed by atoms with Crippen molar-refractivity contribution in [1.82, 2.24) is 9.97 Å². The van der Waals surface area contributed by atoms with Gasteiger partial charge in [-0.15, -0.1) is 11.3 Å². The number of rotatable bonds is 3. The molecule has 1 aromatic carbocycles. The molecule has 2 aromatic heterocycles. The van der Waals surface area contributed by atoms with Crippen LogP contribution in [-0.4, -0.2) is 9.97 Å². The van der Waals surface area contributed by atoms with E-state index in [4.69, 9.17) is 23.2 Å². The number of benzene rings is 1. The van der Waals surface area contributed by atoms with Gasteiger partial charge in [0.1, 0.15) is 11.1 Å². The van der Waals surface area contributed by atoms with Crippen LogP contribution in [0, 0.1) is 11.3 Å². The Hall–Kier alpha value is -2.19. The molecule has 0 N–H and O–H groups in total. The summed E-state index contributed by atoms with van der Waals surface area (Å²) in [6.07, 6.45) is 5.15. The van der Waals surface area contributed by atoms with E-state index < -0.39 is 0 Å². The zero-order chi connectivity index (χ0) is 16.2. The van der Waals surface area contributed by atoms with E-state index in [1.807, 2.05) is 23.6 Å². The second-order valence-corrected chi connectivity index (χ2v) is 6.32. The van der Waals surface area contributed by atoms with Crippen molar-refractivity contribution in [2.45, 2.75) is 0 Å². The lowest BCUT2D eigenvalue weighted by atomic mass is 10.1. The second kappa shape index (κ2) is 6.93. The van der Waals surface area contributed by atoms with Gasteiger partial charge >= 0.3 is 0 Å². The fraction of sp³-hybridized carbons (Fsp3) is 0. The normalized spacial score (nSPS) is 11.3. The van der Waals surface area contributed by atoms with Gasteiger partial charge in [-0.2, -0.15) is 5.26 Å². The van der Waals surface area contributed by atoms with E-state index in [-0.39, 0.29) is 0 Å². The van der Waals surface area contributed by atoms with Crippen LogP contribution >= 0.6 is 34.5 Å². The number of halogens is 2. The Balaban J connectivity index is 1.98. The molecular weight excluding hydrogens is 349 g/mol. The summed E-state index contributed by atoms with van der Waals surface area (Å²) in [5.74, 6) is 0. The minimum absolute atomic E-state index is 0.485. The van der Waals surface area contributed by atoms with Crippen molar-refractivity contribution in [1.29, 1.82) is 5.26 Å².